The van der Waals surface area contributed by atoms with Crippen molar-refractivity contribution in [3.05, 3.63) is 11.6 Å². The SMILES string of the molecule is NC1CC(O)(C2=CCCCCC2)C1. The largest absolute Gasteiger partial charge is 0.385 e. The Morgan fingerprint density at radius 3 is 2.77 bits per heavy atom. The summed E-state index contributed by atoms with van der Waals surface area (Å²) in [4.78, 5) is 0. The third kappa shape index (κ3) is 1.79. The van der Waals surface area contributed by atoms with Crippen LogP contribution >= 0.6 is 0 Å². The number of nitrogens with two attached hydrogens (primary N) is 1. The molecule has 1 saturated carbocycles. The van der Waals surface area contributed by atoms with Crippen molar-refractivity contribution in [3.8, 4) is 0 Å². The molecule has 0 aromatic rings. The average Bonchev–Trinajstić information content (AvgIpc) is 2.28. The van der Waals surface area contributed by atoms with E-state index in [2.05, 4.69) is 6.08 Å². The maximum atomic E-state index is 10.2. The zero-order valence-electron chi connectivity index (χ0n) is 8.13. The molecule has 0 bridgehead atoms. The Bertz CT molecular complexity index is 216. The normalized spacial score (nSPS) is 40.5. The van der Waals surface area contributed by atoms with Crippen molar-refractivity contribution in [1.29, 1.82) is 0 Å². The molecule has 2 aliphatic rings. The maximum Gasteiger partial charge on any atom is 0.0886 e. The molecule has 2 rings (SSSR count). The van der Waals surface area contributed by atoms with Crippen molar-refractivity contribution in [3.63, 3.8) is 0 Å². The standard InChI is InChI=1S/C11H19NO/c12-10-7-11(13,8-10)9-5-3-1-2-4-6-9/h5,10,13H,1-4,6-8,12H2. The van der Waals surface area contributed by atoms with Crippen molar-refractivity contribution in [1.82, 2.24) is 0 Å². The van der Waals surface area contributed by atoms with E-state index in [0.717, 1.165) is 25.7 Å². The molecule has 0 spiro atoms. The van der Waals surface area contributed by atoms with E-state index in [1.54, 1.807) is 0 Å². The van der Waals surface area contributed by atoms with E-state index in [9.17, 15) is 5.11 Å². The highest BCUT2D eigenvalue weighted by atomic mass is 16.3. The summed E-state index contributed by atoms with van der Waals surface area (Å²) in [6.07, 6.45) is 9.86. The fraction of sp³-hybridized carbons (Fsp3) is 0.818. The van der Waals surface area contributed by atoms with Gasteiger partial charge in [0.2, 0.25) is 0 Å². The van der Waals surface area contributed by atoms with Crippen molar-refractivity contribution >= 4 is 0 Å². The predicted octanol–water partition coefficient (Wildman–Crippen LogP) is 1.73. The Morgan fingerprint density at radius 1 is 1.31 bits per heavy atom. The summed E-state index contributed by atoms with van der Waals surface area (Å²) >= 11 is 0. The molecule has 13 heavy (non-hydrogen) atoms. The third-order valence-electron chi connectivity index (χ3n) is 3.34. The molecule has 74 valence electrons. The van der Waals surface area contributed by atoms with Gasteiger partial charge in [-0.05, 0) is 44.1 Å². The number of allylic oxidation sites excluding steroid dienone is 1. The van der Waals surface area contributed by atoms with Crippen LogP contribution in [0.5, 0.6) is 0 Å². The van der Waals surface area contributed by atoms with Gasteiger partial charge in [0.15, 0.2) is 0 Å². The molecule has 0 aromatic carbocycles. The number of hydrogen-bond donors (Lipinski definition) is 2. The first kappa shape index (κ1) is 9.22. The second-order valence-electron chi connectivity index (χ2n) is 4.53. The van der Waals surface area contributed by atoms with Gasteiger partial charge in [-0.25, -0.2) is 0 Å². The molecule has 1 fully saturated rings. The van der Waals surface area contributed by atoms with E-state index >= 15 is 0 Å². The minimum absolute atomic E-state index is 0.231. The van der Waals surface area contributed by atoms with Crippen LogP contribution in [0.15, 0.2) is 11.6 Å². The van der Waals surface area contributed by atoms with Crippen molar-refractivity contribution in [2.75, 3.05) is 0 Å². The fourth-order valence-corrected chi connectivity index (χ4v) is 2.51. The summed E-state index contributed by atoms with van der Waals surface area (Å²) in [6.45, 7) is 0. The summed E-state index contributed by atoms with van der Waals surface area (Å²) in [6, 6.07) is 0.231. The maximum absolute atomic E-state index is 10.2. The fourth-order valence-electron chi connectivity index (χ4n) is 2.51. The van der Waals surface area contributed by atoms with Gasteiger partial charge in [-0.3, -0.25) is 0 Å². The van der Waals surface area contributed by atoms with Gasteiger partial charge in [0.05, 0.1) is 5.60 Å². The monoisotopic (exact) mass is 181 g/mol. The van der Waals surface area contributed by atoms with E-state index in [4.69, 9.17) is 5.73 Å². The first-order valence-electron chi connectivity index (χ1n) is 5.38. The minimum Gasteiger partial charge on any atom is -0.385 e. The summed E-state index contributed by atoms with van der Waals surface area (Å²) < 4.78 is 0. The molecule has 0 unspecified atom stereocenters. The minimum atomic E-state index is -0.510. The molecule has 0 aromatic heterocycles. The van der Waals surface area contributed by atoms with Crippen LogP contribution in [0.2, 0.25) is 0 Å². The highest BCUT2D eigenvalue weighted by molar-refractivity contribution is 5.23. The number of hydrogen-bond acceptors (Lipinski definition) is 2. The Hall–Kier alpha value is -0.340. The molecular weight excluding hydrogens is 162 g/mol. The smallest absolute Gasteiger partial charge is 0.0886 e. The Morgan fingerprint density at radius 2 is 2.08 bits per heavy atom. The Labute approximate surface area is 79.8 Å². The highest BCUT2D eigenvalue weighted by Crippen LogP contribution is 2.40. The molecule has 0 amide bonds. The van der Waals surface area contributed by atoms with Crippen LogP contribution in [-0.2, 0) is 0 Å². The zero-order chi connectivity index (χ0) is 9.31. The van der Waals surface area contributed by atoms with E-state index < -0.39 is 5.60 Å². The van der Waals surface area contributed by atoms with Crippen LogP contribution in [-0.4, -0.2) is 16.7 Å². The molecule has 0 heterocycles. The molecule has 2 nitrogen and oxygen atoms in total. The molecular formula is C11H19NO. The lowest BCUT2D eigenvalue weighted by Gasteiger charge is -2.43. The molecule has 2 aliphatic carbocycles. The lowest BCUT2D eigenvalue weighted by molar-refractivity contribution is -0.0149. The van der Waals surface area contributed by atoms with Crippen molar-refractivity contribution in [2.24, 2.45) is 5.73 Å². The van der Waals surface area contributed by atoms with Crippen LogP contribution in [0.1, 0.15) is 44.9 Å². The Balaban J connectivity index is 2.02. The van der Waals surface area contributed by atoms with Gasteiger partial charge in [-0.1, -0.05) is 12.5 Å². The molecule has 0 radical (unpaired) electrons. The molecule has 0 aliphatic heterocycles. The average molecular weight is 181 g/mol. The van der Waals surface area contributed by atoms with Crippen molar-refractivity contribution < 1.29 is 5.11 Å². The second-order valence-corrected chi connectivity index (χ2v) is 4.53. The van der Waals surface area contributed by atoms with Crippen molar-refractivity contribution in [2.45, 2.75) is 56.6 Å². The molecule has 2 heteroatoms. The second kappa shape index (κ2) is 3.43. The van der Waals surface area contributed by atoms with Crippen LogP contribution in [0.4, 0.5) is 0 Å². The van der Waals surface area contributed by atoms with E-state index in [1.807, 2.05) is 0 Å². The number of rotatable bonds is 1. The van der Waals surface area contributed by atoms with Crippen LogP contribution < -0.4 is 5.73 Å². The van der Waals surface area contributed by atoms with E-state index in [-0.39, 0.29) is 6.04 Å². The molecule has 0 saturated heterocycles. The Kier molecular flexibility index (Phi) is 2.43. The third-order valence-corrected chi connectivity index (χ3v) is 3.34. The summed E-state index contributed by atoms with van der Waals surface area (Å²) in [7, 11) is 0. The van der Waals surface area contributed by atoms with Crippen LogP contribution in [0, 0.1) is 0 Å². The lowest BCUT2D eigenvalue weighted by atomic mass is 9.70. The summed E-state index contributed by atoms with van der Waals surface area (Å²) in [5, 5.41) is 10.2. The first-order valence-corrected chi connectivity index (χ1v) is 5.38. The predicted molar refractivity (Wildman–Crippen MR) is 53.3 cm³/mol. The van der Waals surface area contributed by atoms with Gasteiger partial charge >= 0.3 is 0 Å². The van der Waals surface area contributed by atoms with Gasteiger partial charge < -0.3 is 10.8 Å². The molecule has 3 N–H and O–H groups in total. The highest BCUT2D eigenvalue weighted by Gasteiger charge is 2.43. The van der Waals surface area contributed by atoms with Gasteiger partial charge in [0.25, 0.3) is 0 Å². The molecule has 0 atom stereocenters. The summed E-state index contributed by atoms with van der Waals surface area (Å²) in [5.74, 6) is 0. The zero-order valence-corrected chi connectivity index (χ0v) is 8.13. The van der Waals surface area contributed by atoms with Gasteiger partial charge in [0.1, 0.15) is 0 Å². The van der Waals surface area contributed by atoms with Crippen LogP contribution in [0.3, 0.4) is 0 Å². The van der Waals surface area contributed by atoms with Gasteiger partial charge in [-0.2, -0.15) is 0 Å². The topological polar surface area (TPSA) is 46.2 Å². The first-order chi connectivity index (χ1) is 6.21. The lowest BCUT2D eigenvalue weighted by Crippen LogP contribution is -2.52. The quantitative estimate of drug-likeness (QED) is 0.605. The van der Waals surface area contributed by atoms with Gasteiger partial charge in [0, 0.05) is 6.04 Å². The van der Waals surface area contributed by atoms with Crippen LogP contribution in [0.25, 0.3) is 0 Å². The summed E-state index contributed by atoms with van der Waals surface area (Å²) in [5.41, 5.74) is 6.47. The van der Waals surface area contributed by atoms with E-state index in [0.29, 0.717) is 0 Å². The van der Waals surface area contributed by atoms with Gasteiger partial charge in [-0.15, -0.1) is 0 Å². The number of aliphatic hydroxyl groups is 1. The van der Waals surface area contributed by atoms with E-state index in [1.165, 1.54) is 24.8 Å².